The van der Waals surface area contributed by atoms with Gasteiger partial charge in [-0.1, -0.05) is 12.1 Å². The van der Waals surface area contributed by atoms with Crippen molar-refractivity contribution in [2.75, 3.05) is 52.4 Å². The number of rotatable bonds is 10. The van der Waals surface area contributed by atoms with Crippen LogP contribution >= 0.6 is 0 Å². The molecule has 0 aliphatic carbocycles. The standard InChI is InChI=1S/C24H29FN4O4S/c25-23-4-1-2-5-24(23)32-13-3-11-28-15-20-17-29(18-21(16-28)33-20)12-10-27-34(30,31)22-8-6-19(14-26)7-9-22/h1-2,4-9,20-21,27H,3,10-13,15-18H2. The number of halogens is 1. The Hall–Kier alpha value is -2.55. The predicted molar refractivity (Wildman–Crippen MR) is 124 cm³/mol. The molecule has 2 fully saturated rings. The Labute approximate surface area is 199 Å². The second kappa shape index (κ2) is 11.3. The van der Waals surface area contributed by atoms with Crippen molar-refractivity contribution in [2.45, 2.75) is 23.5 Å². The molecule has 2 heterocycles. The summed E-state index contributed by atoms with van der Waals surface area (Å²) in [4.78, 5) is 4.74. The number of nitriles is 1. The smallest absolute Gasteiger partial charge is 0.240 e. The minimum Gasteiger partial charge on any atom is -0.490 e. The lowest BCUT2D eigenvalue weighted by atomic mass is 10.1. The highest BCUT2D eigenvalue weighted by Gasteiger charge is 2.34. The van der Waals surface area contributed by atoms with Gasteiger partial charge in [-0.15, -0.1) is 0 Å². The predicted octanol–water partition coefficient (Wildman–Crippen LogP) is 1.83. The molecule has 0 saturated carbocycles. The summed E-state index contributed by atoms with van der Waals surface area (Å²) >= 11 is 0. The Morgan fingerprint density at radius 2 is 1.68 bits per heavy atom. The van der Waals surface area contributed by atoms with Gasteiger partial charge in [0.1, 0.15) is 0 Å². The molecule has 2 aliphatic rings. The molecule has 0 radical (unpaired) electrons. The van der Waals surface area contributed by atoms with E-state index in [2.05, 4.69) is 14.5 Å². The van der Waals surface area contributed by atoms with Crippen molar-refractivity contribution >= 4 is 10.0 Å². The molecule has 34 heavy (non-hydrogen) atoms. The van der Waals surface area contributed by atoms with E-state index in [1.807, 2.05) is 6.07 Å². The summed E-state index contributed by atoms with van der Waals surface area (Å²) in [7, 11) is -3.61. The van der Waals surface area contributed by atoms with Crippen LogP contribution in [0, 0.1) is 17.1 Å². The van der Waals surface area contributed by atoms with Gasteiger partial charge in [-0.05, 0) is 42.8 Å². The first-order chi connectivity index (χ1) is 16.4. The van der Waals surface area contributed by atoms with Crippen molar-refractivity contribution < 1.29 is 22.3 Å². The molecule has 2 aromatic rings. The van der Waals surface area contributed by atoms with Gasteiger partial charge in [0.15, 0.2) is 11.6 Å². The van der Waals surface area contributed by atoms with Gasteiger partial charge in [-0.3, -0.25) is 9.80 Å². The number of fused-ring (bicyclic) bond motifs is 2. The van der Waals surface area contributed by atoms with E-state index < -0.39 is 10.0 Å². The molecule has 2 atom stereocenters. The molecule has 2 aliphatic heterocycles. The van der Waals surface area contributed by atoms with E-state index in [0.717, 1.165) is 39.1 Å². The Morgan fingerprint density at radius 3 is 2.32 bits per heavy atom. The fourth-order valence-electron chi connectivity index (χ4n) is 4.39. The Morgan fingerprint density at radius 1 is 1.03 bits per heavy atom. The van der Waals surface area contributed by atoms with E-state index in [1.54, 1.807) is 18.2 Å². The molecule has 2 bridgehead atoms. The number of hydrogen-bond acceptors (Lipinski definition) is 7. The van der Waals surface area contributed by atoms with Crippen molar-refractivity contribution in [1.29, 1.82) is 5.26 Å². The molecule has 2 aromatic carbocycles. The molecule has 182 valence electrons. The number of ether oxygens (including phenoxy) is 2. The molecule has 1 N–H and O–H groups in total. The minimum atomic E-state index is -3.61. The maximum atomic E-state index is 13.6. The van der Waals surface area contributed by atoms with E-state index in [4.69, 9.17) is 14.7 Å². The van der Waals surface area contributed by atoms with E-state index in [0.29, 0.717) is 25.3 Å². The zero-order chi connectivity index (χ0) is 24.0. The summed E-state index contributed by atoms with van der Waals surface area (Å²) in [5.41, 5.74) is 0.422. The number of nitrogens with zero attached hydrogens (tertiary/aromatic N) is 3. The number of para-hydroxylation sites is 1. The first kappa shape index (κ1) is 24.6. The largest absolute Gasteiger partial charge is 0.490 e. The van der Waals surface area contributed by atoms with Gasteiger partial charge in [0.05, 0.1) is 35.3 Å². The summed E-state index contributed by atoms with van der Waals surface area (Å²) in [6.07, 6.45) is 0.958. The number of nitrogens with one attached hydrogen (secondary N) is 1. The van der Waals surface area contributed by atoms with Gasteiger partial charge in [-0.25, -0.2) is 17.5 Å². The third-order valence-corrected chi connectivity index (χ3v) is 7.44. The number of benzene rings is 2. The maximum Gasteiger partial charge on any atom is 0.240 e. The van der Waals surface area contributed by atoms with Crippen LogP contribution in [0.4, 0.5) is 4.39 Å². The molecule has 0 spiro atoms. The summed E-state index contributed by atoms with van der Waals surface area (Å²) in [6.45, 7) is 5.33. The van der Waals surface area contributed by atoms with Crippen LogP contribution in [0.2, 0.25) is 0 Å². The summed E-state index contributed by atoms with van der Waals surface area (Å²) in [5.74, 6) is -0.0607. The van der Waals surface area contributed by atoms with Gasteiger partial charge in [0, 0.05) is 45.8 Å². The Bertz CT molecular complexity index is 1090. The highest BCUT2D eigenvalue weighted by atomic mass is 32.2. The Kier molecular flexibility index (Phi) is 8.13. The van der Waals surface area contributed by atoms with Gasteiger partial charge < -0.3 is 9.47 Å². The number of sulfonamides is 1. The van der Waals surface area contributed by atoms with Crippen LogP contribution in [0.25, 0.3) is 0 Å². The molecular formula is C24H29FN4O4S. The SMILES string of the molecule is N#Cc1ccc(S(=O)(=O)NCCN2CC3CN(CCCOc4ccccc4F)CC(C2)O3)cc1. The molecule has 0 amide bonds. The first-order valence-electron chi connectivity index (χ1n) is 11.4. The molecular weight excluding hydrogens is 459 g/mol. The average molecular weight is 489 g/mol. The lowest BCUT2D eigenvalue weighted by Gasteiger charge is -2.45. The number of hydrogen-bond donors (Lipinski definition) is 1. The molecule has 10 heteroatoms. The third-order valence-electron chi connectivity index (χ3n) is 5.96. The Balaban J connectivity index is 1.17. The highest BCUT2D eigenvalue weighted by Crippen LogP contribution is 2.20. The molecule has 2 saturated heterocycles. The fourth-order valence-corrected chi connectivity index (χ4v) is 5.41. The van der Waals surface area contributed by atoms with Crippen LogP contribution in [-0.4, -0.2) is 82.8 Å². The van der Waals surface area contributed by atoms with E-state index in [-0.39, 0.29) is 28.7 Å². The summed E-state index contributed by atoms with van der Waals surface area (Å²) in [6, 6.07) is 14.3. The van der Waals surface area contributed by atoms with Crippen LogP contribution in [-0.2, 0) is 14.8 Å². The van der Waals surface area contributed by atoms with Gasteiger partial charge >= 0.3 is 0 Å². The van der Waals surface area contributed by atoms with Crippen LogP contribution in [0.5, 0.6) is 5.75 Å². The van der Waals surface area contributed by atoms with E-state index in [1.165, 1.54) is 30.3 Å². The maximum absolute atomic E-state index is 13.6. The zero-order valence-corrected chi connectivity index (χ0v) is 19.7. The number of morpholine rings is 2. The van der Waals surface area contributed by atoms with Gasteiger partial charge in [-0.2, -0.15) is 5.26 Å². The minimum absolute atomic E-state index is 0.0788. The topological polar surface area (TPSA) is 94.9 Å². The highest BCUT2D eigenvalue weighted by molar-refractivity contribution is 7.89. The first-order valence-corrected chi connectivity index (χ1v) is 12.9. The molecule has 4 rings (SSSR count). The second-order valence-electron chi connectivity index (χ2n) is 8.57. The van der Waals surface area contributed by atoms with Crippen LogP contribution in [0.15, 0.2) is 53.4 Å². The van der Waals surface area contributed by atoms with Crippen molar-refractivity contribution in [3.05, 3.63) is 59.9 Å². The van der Waals surface area contributed by atoms with Crippen LogP contribution < -0.4 is 9.46 Å². The van der Waals surface area contributed by atoms with Crippen molar-refractivity contribution in [3.8, 4) is 11.8 Å². The molecule has 2 unspecified atom stereocenters. The fraction of sp³-hybridized carbons (Fsp3) is 0.458. The van der Waals surface area contributed by atoms with Crippen LogP contribution in [0.3, 0.4) is 0 Å². The molecule has 8 nitrogen and oxygen atoms in total. The van der Waals surface area contributed by atoms with E-state index in [9.17, 15) is 12.8 Å². The third kappa shape index (κ3) is 6.52. The molecule has 0 aromatic heterocycles. The van der Waals surface area contributed by atoms with Gasteiger partial charge in [0.2, 0.25) is 10.0 Å². The summed E-state index contributed by atoms with van der Waals surface area (Å²) in [5, 5.41) is 8.86. The lowest BCUT2D eigenvalue weighted by molar-refractivity contribution is -0.138. The van der Waals surface area contributed by atoms with Crippen molar-refractivity contribution in [3.63, 3.8) is 0 Å². The zero-order valence-electron chi connectivity index (χ0n) is 18.9. The van der Waals surface area contributed by atoms with E-state index >= 15 is 0 Å². The monoisotopic (exact) mass is 488 g/mol. The lowest BCUT2D eigenvalue weighted by Crippen LogP contribution is -2.60. The van der Waals surface area contributed by atoms with Crippen molar-refractivity contribution in [2.24, 2.45) is 0 Å². The van der Waals surface area contributed by atoms with Gasteiger partial charge in [0.25, 0.3) is 0 Å². The van der Waals surface area contributed by atoms with Crippen LogP contribution in [0.1, 0.15) is 12.0 Å². The van der Waals surface area contributed by atoms with Crippen molar-refractivity contribution in [1.82, 2.24) is 14.5 Å². The average Bonchev–Trinajstić information content (AvgIpc) is 2.82. The normalized spacial score (nSPS) is 21.2. The summed E-state index contributed by atoms with van der Waals surface area (Å²) < 4.78 is 52.8. The quantitative estimate of drug-likeness (QED) is 0.510. The second-order valence-corrected chi connectivity index (χ2v) is 10.3.